The van der Waals surface area contributed by atoms with Crippen molar-refractivity contribution in [2.24, 2.45) is 17.8 Å². The Balaban J connectivity index is 1.52. The summed E-state index contributed by atoms with van der Waals surface area (Å²) < 4.78 is 5.55. The van der Waals surface area contributed by atoms with Gasteiger partial charge < -0.3 is 24.8 Å². The monoisotopic (exact) mass is 413 g/mol. The van der Waals surface area contributed by atoms with Crippen molar-refractivity contribution >= 4 is 34.3 Å². The van der Waals surface area contributed by atoms with Gasteiger partial charge in [-0.25, -0.2) is 4.79 Å². The van der Waals surface area contributed by atoms with Crippen LogP contribution in [0.25, 0.3) is 22.0 Å². The number of nitrogens with zero attached hydrogens (tertiary/aromatic N) is 2. The molecule has 0 amide bonds. The van der Waals surface area contributed by atoms with Crippen LogP contribution in [0, 0.1) is 17.8 Å². The lowest BCUT2D eigenvalue weighted by Crippen LogP contribution is -2.25. The maximum absolute atomic E-state index is 11.5. The van der Waals surface area contributed by atoms with Crippen molar-refractivity contribution in [1.29, 1.82) is 0 Å². The number of hydrogen-bond donors (Lipinski definition) is 3. The molecule has 2 unspecified atom stereocenters. The van der Waals surface area contributed by atoms with Crippen molar-refractivity contribution in [3.8, 4) is 17.0 Å². The summed E-state index contributed by atoms with van der Waals surface area (Å²) in [5, 5.41) is 19.8. The predicted octanol–water partition coefficient (Wildman–Crippen LogP) is 3.26. The topological polar surface area (TPSA) is 98.7 Å². The fraction of sp³-hybridized carbons (Fsp3) is 0.333. The first-order valence-electron chi connectivity index (χ1n) is 9.47. The number of H-pyrrole nitrogens is 1. The lowest BCUT2D eigenvalue weighted by molar-refractivity contribution is 0.0699. The second kappa shape index (κ2) is 6.64. The number of nitrogens with one attached hydrogen (secondary N) is 1. The first-order valence-corrected chi connectivity index (χ1v) is 9.84. The van der Waals surface area contributed by atoms with E-state index in [-0.39, 0.29) is 12.2 Å². The van der Waals surface area contributed by atoms with Crippen LogP contribution < -0.4 is 9.64 Å². The number of aromatic amines is 1. The molecule has 1 aliphatic heterocycles. The molecule has 1 aromatic carbocycles. The van der Waals surface area contributed by atoms with Crippen molar-refractivity contribution in [1.82, 2.24) is 9.97 Å². The number of hydrogen-bond acceptors (Lipinski definition) is 5. The van der Waals surface area contributed by atoms with Gasteiger partial charge in [-0.05, 0) is 42.0 Å². The second-order valence-electron chi connectivity index (χ2n) is 7.69. The third kappa shape index (κ3) is 2.84. The maximum Gasteiger partial charge on any atom is 0.337 e. The van der Waals surface area contributed by atoms with Gasteiger partial charge in [-0.15, -0.1) is 0 Å². The van der Waals surface area contributed by atoms with Gasteiger partial charge in [0.2, 0.25) is 5.88 Å². The minimum absolute atomic E-state index is 0.191. The van der Waals surface area contributed by atoms with Crippen LogP contribution >= 0.6 is 11.6 Å². The zero-order valence-corrected chi connectivity index (χ0v) is 16.5. The zero-order chi connectivity index (χ0) is 20.3. The molecule has 2 fully saturated rings. The Morgan fingerprint density at radius 3 is 2.72 bits per heavy atom. The van der Waals surface area contributed by atoms with E-state index in [1.807, 2.05) is 12.1 Å². The first kappa shape index (κ1) is 18.3. The Morgan fingerprint density at radius 2 is 2.07 bits per heavy atom. The van der Waals surface area contributed by atoms with Gasteiger partial charge in [-0.3, -0.25) is 0 Å². The molecular weight excluding hydrogens is 394 g/mol. The van der Waals surface area contributed by atoms with Crippen LogP contribution in [-0.2, 0) is 0 Å². The quantitative estimate of drug-likeness (QED) is 0.593. The Kier molecular flexibility index (Phi) is 4.18. The van der Waals surface area contributed by atoms with Gasteiger partial charge >= 0.3 is 5.97 Å². The molecule has 0 spiro atoms. The van der Waals surface area contributed by atoms with Gasteiger partial charge in [0.25, 0.3) is 0 Å². The number of benzene rings is 1. The third-order valence-corrected chi connectivity index (χ3v) is 6.55. The zero-order valence-electron chi connectivity index (χ0n) is 15.7. The predicted molar refractivity (Wildman–Crippen MR) is 110 cm³/mol. The number of carboxylic acids is 1. The molecule has 3 heterocycles. The number of fused-ring (bicyclic) bond motifs is 2. The van der Waals surface area contributed by atoms with Crippen LogP contribution in [0.3, 0.4) is 0 Å². The smallest absolute Gasteiger partial charge is 0.337 e. The number of carbonyl (C=O) groups is 1. The van der Waals surface area contributed by atoms with Crippen LogP contribution in [0.15, 0.2) is 30.5 Å². The third-order valence-electron chi connectivity index (χ3n) is 6.24. The van der Waals surface area contributed by atoms with Crippen LogP contribution in [0.4, 0.5) is 5.82 Å². The lowest BCUT2D eigenvalue weighted by Gasteiger charge is -2.22. The molecule has 1 aliphatic carbocycles. The highest BCUT2D eigenvalue weighted by molar-refractivity contribution is 6.34. The maximum atomic E-state index is 11.5. The molecule has 2 atom stereocenters. The summed E-state index contributed by atoms with van der Waals surface area (Å²) in [6.45, 7) is 2.05. The highest BCUT2D eigenvalue weighted by atomic mass is 35.5. The Hall–Kier alpha value is -2.77. The van der Waals surface area contributed by atoms with Crippen LogP contribution in [0.5, 0.6) is 5.88 Å². The molecule has 29 heavy (non-hydrogen) atoms. The number of pyridine rings is 1. The fourth-order valence-corrected chi connectivity index (χ4v) is 4.87. The molecule has 0 radical (unpaired) electrons. The van der Waals surface area contributed by atoms with Crippen molar-refractivity contribution in [2.75, 3.05) is 31.7 Å². The Morgan fingerprint density at radius 1 is 1.31 bits per heavy atom. The van der Waals surface area contributed by atoms with Crippen LogP contribution in [-0.4, -0.2) is 53.0 Å². The number of aliphatic hydroxyl groups excluding tert-OH is 1. The number of rotatable bonds is 5. The Labute approximate surface area is 171 Å². The van der Waals surface area contributed by atoms with E-state index >= 15 is 0 Å². The molecule has 8 heteroatoms. The number of piperidine rings is 1. The molecular formula is C21H20ClN3O4. The number of aromatic nitrogens is 2. The van der Waals surface area contributed by atoms with Gasteiger partial charge in [-0.1, -0.05) is 11.6 Å². The van der Waals surface area contributed by atoms with Gasteiger partial charge in [0.05, 0.1) is 17.7 Å². The molecule has 3 N–H and O–H groups in total. The van der Waals surface area contributed by atoms with Crippen LogP contribution in [0.2, 0.25) is 5.02 Å². The lowest BCUT2D eigenvalue weighted by atomic mass is 10.0. The van der Waals surface area contributed by atoms with E-state index in [0.29, 0.717) is 50.7 Å². The van der Waals surface area contributed by atoms with E-state index in [4.69, 9.17) is 16.3 Å². The van der Waals surface area contributed by atoms with E-state index in [1.54, 1.807) is 19.2 Å². The summed E-state index contributed by atoms with van der Waals surface area (Å²) in [6, 6.07) is 7.32. The number of carboxylic acid groups (broad SMARTS) is 1. The summed E-state index contributed by atoms with van der Waals surface area (Å²) in [6.07, 6.45) is 1.46. The largest absolute Gasteiger partial charge is 0.480 e. The molecule has 7 nitrogen and oxygen atoms in total. The summed E-state index contributed by atoms with van der Waals surface area (Å²) >= 11 is 6.49. The summed E-state index contributed by atoms with van der Waals surface area (Å²) in [5.41, 5.74) is 2.23. The van der Waals surface area contributed by atoms with E-state index in [1.165, 1.54) is 6.20 Å². The number of ether oxygens (including phenoxy) is 1. The number of halogens is 1. The molecule has 150 valence electrons. The Bertz CT molecular complexity index is 1120. The normalized spacial score (nSPS) is 22.7. The van der Waals surface area contributed by atoms with Crippen molar-refractivity contribution in [2.45, 2.75) is 0 Å². The van der Waals surface area contributed by atoms with E-state index in [0.717, 1.165) is 18.9 Å². The second-order valence-corrected chi connectivity index (χ2v) is 8.10. The molecule has 1 saturated heterocycles. The average Bonchev–Trinajstić information content (AvgIpc) is 3.05. The molecule has 3 aromatic rings. The minimum Gasteiger partial charge on any atom is -0.480 e. The SMILES string of the molecule is COc1nc(N2CC3C(CO)C3C2)ccc1-c1cc2c(C(=O)O)c[nH]c2cc1Cl. The van der Waals surface area contributed by atoms with Gasteiger partial charge in [0.1, 0.15) is 5.82 Å². The summed E-state index contributed by atoms with van der Waals surface area (Å²) in [4.78, 5) is 21.3. The molecule has 5 rings (SSSR count). The van der Waals surface area contributed by atoms with Crippen molar-refractivity contribution < 1.29 is 19.7 Å². The molecule has 0 bridgehead atoms. The number of aromatic carboxylic acids is 1. The first-order chi connectivity index (χ1) is 14.0. The highest BCUT2D eigenvalue weighted by Gasteiger charge is 2.55. The standard InChI is InChI=1S/C21H20ClN3O4/c1-29-20-10(2-3-19(24-20)25-7-14-15(8-25)16(14)9-26)11-4-12-13(21(27)28)6-23-18(12)5-17(11)22/h2-6,14-16,23,26H,7-9H2,1H3,(H,27,28). The summed E-state index contributed by atoms with van der Waals surface area (Å²) in [5.74, 6) is 1.80. The van der Waals surface area contributed by atoms with E-state index in [2.05, 4.69) is 14.9 Å². The van der Waals surface area contributed by atoms with Crippen LogP contribution in [0.1, 0.15) is 10.4 Å². The average molecular weight is 414 g/mol. The van der Waals surface area contributed by atoms with Crippen molar-refractivity contribution in [3.05, 3.63) is 41.0 Å². The van der Waals surface area contributed by atoms with Gasteiger partial charge in [0, 0.05) is 47.9 Å². The van der Waals surface area contributed by atoms with E-state index in [9.17, 15) is 15.0 Å². The minimum atomic E-state index is -1.00. The van der Waals surface area contributed by atoms with E-state index < -0.39 is 5.97 Å². The number of aliphatic hydroxyl groups is 1. The number of methoxy groups -OCH3 is 1. The fourth-order valence-electron chi connectivity index (χ4n) is 4.60. The van der Waals surface area contributed by atoms with Gasteiger partial charge in [0.15, 0.2) is 0 Å². The molecule has 1 saturated carbocycles. The summed E-state index contributed by atoms with van der Waals surface area (Å²) in [7, 11) is 1.56. The van der Waals surface area contributed by atoms with Crippen molar-refractivity contribution in [3.63, 3.8) is 0 Å². The molecule has 2 aliphatic rings. The number of anilines is 1. The van der Waals surface area contributed by atoms with Gasteiger partial charge in [-0.2, -0.15) is 4.98 Å². The highest BCUT2D eigenvalue weighted by Crippen LogP contribution is 2.52. The molecule has 2 aromatic heterocycles.